The van der Waals surface area contributed by atoms with Gasteiger partial charge >= 0.3 is 11.6 Å². The first kappa shape index (κ1) is 14.8. The number of nitro groups is 1. The van der Waals surface area contributed by atoms with Crippen LogP contribution in [0, 0.1) is 10.1 Å². The molecule has 0 radical (unpaired) electrons. The predicted octanol–water partition coefficient (Wildman–Crippen LogP) is 3.95. The number of anilines is 1. The number of pyridine rings is 1. The molecule has 6 nitrogen and oxygen atoms in total. The smallest absolute Gasteiger partial charge is 0.331 e. The van der Waals surface area contributed by atoms with Gasteiger partial charge < -0.3 is 10.1 Å². The number of ether oxygens (including phenoxy) is 1. The molecular formula is C15H17N3O3. The topological polar surface area (TPSA) is 77.3 Å². The van der Waals surface area contributed by atoms with Crippen molar-refractivity contribution < 1.29 is 9.66 Å². The van der Waals surface area contributed by atoms with Crippen molar-refractivity contribution in [1.29, 1.82) is 0 Å². The van der Waals surface area contributed by atoms with E-state index in [0.717, 1.165) is 0 Å². The largest absolute Gasteiger partial charge is 0.434 e. The summed E-state index contributed by atoms with van der Waals surface area (Å²) in [5.41, 5.74) is 1.01. The fraction of sp³-hybridized carbons (Fsp3) is 0.267. The Labute approximate surface area is 122 Å². The lowest BCUT2D eigenvalue weighted by Crippen LogP contribution is -1.99. The van der Waals surface area contributed by atoms with Gasteiger partial charge in [0.2, 0.25) is 0 Å². The first-order valence-electron chi connectivity index (χ1n) is 6.62. The molecule has 1 N–H and O–H groups in total. The van der Waals surface area contributed by atoms with Gasteiger partial charge in [-0.1, -0.05) is 26.0 Å². The first-order valence-corrected chi connectivity index (χ1v) is 6.62. The molecule has 0 aliphatic carbocycles. The highest BCUT2D eigenvalue weighted by atomic mass is 16.6. The fourth-order valence-corrected chi connectivity index (χ4v) is 1.82. The first-order chi connectivity index (χ1) is 10.0. The molecule has 1 heterocycles. The molecule has 0 unspecified atom stereocenters. The molecule has 0 spiro atoms. The maximum atomic E-state index is 11.0. The molecule has 110 valence electrons. The molecule has 0 aliphatic heterocycles. The minimum absolute atomic E-state index is 0.0239. The van der Waals surface area contributed by atoms with Crippen LogP contribution < -0.4 is 10.1 Å². The molecule has 0 aliphatic rings. The van der Waals surface area contributed by atoms with E-state index in [1.54, 1.807) is 19.2 Å². The Morgan fingerprint density at radius 2 is 1.86 bits per heavy atom. The molecule has 0 saturated heterocycles. The minimum Gasteiger partial charge on any atom is -0.434 e. The summed E-state index contributed by atoms with van der Waals surface area (Å²) in [4.78, 5) is 14.6. The van der Waals surface area contributed by atoms with Gasteiger partial charge in [0.1, 0.15) is 11.6 Å². The number of rotatable bonds is 5. The number of hydrogen-bond donors (Lipinski definition) is 1. The van der Waals surface area contributed by atoms with E-state index in [0.29, 0.717) is 17.5 Å². The van der Waals surface area contributed by atoms with Gasteiger partial charge in [-0.05, 0) is 29.7 Å². The normalized spacial score (nSPS) is 10.5. The minimum atomic E-state index is -0.510. The zero-order valence-electron chi connectivity index (χ0n) is 12.2. The van der Waals surface area contributed by atoms with E-state index in [4.69, 9.17) is 4.74 Å². The second-order valence-electron chi connectivity index (χ2n) is 4.85. The van der Waals surface area contributed by atoms with Crippen LogP contribution in [0.2, 0.25) is 0 Å². The van der Waals surface area contributed by atoms with Crippen molar-refractivity contribution in [1.82, 2.24) is 4.98 Å². The van der Waals surface area contributed by atoms with Gasteiger partial charge in [0, 0.05) is 13.1 Å². The van der Waals surface area contributed by atoms with Gasteiger partial charge in [-0.2, -0.15) is 4.98 Å². The highest BCUT2D eigenvalue weighted by molar-refractivity contribution is 5.50. The summed E-state index contributed by atoms with van der Waals surface area (Å²) < 4.78 is 5.56. The van der Waals surface area contributed by atoms with Crippen molar-refractivity contribution in [3.8, 4) is 11.6 Å². The predicted molar refractivity (Wildman–Crippen MR) is 81.0 cm³/mol. The van der Waals surface area contributed by atoms with Crippen molar-refractivity contribution in [3.05, 3.63) is 52.1 Å². The van der Waals surface area contributed by atoms with Gasteiger partial charge in [-0.3, -0.25) is 10.1 Å². The molecular weight excluding hydrogens is 270 g/mol. The average molecular weight is 287 g/mol. The molecule has 0 amide bonds. The van der Waals surface area contributed by atoms with E-state index < -0.39 is 4.92 Å². The van der Waals surface area contributed by atoms with Gasteiger partial charge in [0.25, 0.3) is 0 Å². The van der Waals surface area contributed by atoms with E-state index in [2.05, 4.69) is 24.1 Å². The number of nitrogens with one attached hydrogen (secondary N) is 1. The van der Waals surface area contributed by atoms with Crippen molar-refractivity contribution in [2.45, 2.75) is 19.8 Å². The van der Waals surface area contributed by atoms with E-state index >= 15 is 0 Å². The van der Waals surface area contributed by atoms with Crippen LogP contribution in [0.4, 0.5) is 11.5 Å². The Balaban J connectivity index is 2.31. The quantitative estimate of drug-likeness (QED) is 0.665. The van der Waals surface area contributed by atoms with Crippen LogP contribution in [0.15, 0.2) is 36.4 Å². The van der Waals surface area contributed by atoms with Crippen molar-refractivity contribution in [3.63, 3.8) is 0 Å². The maximum absolute atomic E-state index is 11.0. The van der Waals surface area contributed by atoms with Crippen LogP contribution in [0.3, 0.4) is 0 Å². The van der Waals surface area contributed by atoms with E-state index in [1.807, 2.05) is 12.1 Å². The molecule has 1 aromatic carbocycles. The standard InChI is InChI=1S/C15H17N3O3/c1-10(2)11-4-6-12(7-5-11)21-15-13(18(19)20)8-9-14(16-3)17-15/h4-10H,1-3H3,(H,16,17). The molecule has 0 saturated carbocycles. The van der Waals surface area contributed by atoms with Gasteiger partial charge in [0.05, 0.1) is 4.92 Å². The second kappa shape index (κ2) is 6.21. The Morgan fingerprint density at radius 1 is 1.19 bits per heavy atom. The Morgan fingerprint density at radius 3 is 2.38 bits per heavy atom. The summed E-state index contributed by atoms with van der Waals surface area (Å²) in [6, 6.07) is 10.4. The molecule has 2 aromatic rings. The zero-order chi connectivity index (χ0) is 15.4. The molecule has 21 heavy (non-hydrogen) atoms. The third-order valence-corrected chi connectivity index (χ3v) is 3.05. The van der Waals surface area contributed by atoms with Crippen LogP contribution in [0.25, 0.3) is 0 Å². The summed E-state index contributed by atoms with van der Waals surface area (Å²) in [6.07, 6.45) is 0. The van der Waals surface area contributed by atoms with Crippen LogP contribution in [-0.2, 0) is 0 Å². The maximum Gasteiger partial charge on any atom is 0.331 e. The molecule has 2 rings (SSSR count). The van der Waals surface area contributed by atoms with Crippen LogP contribution in [0.5, 0.6) is 11.6 Å². The monoisotopic (exact) mass is 287 g/mol. The van der Waals surface area contributed by atoms with Gasteiger partial charge in [-0.25, -0.2) is 0 Å². The second-order valence-corrected chi connectivity index (χ2v) is 4.85. The van der Waals surface area contributed by atoms with Crippen molar-refractivity contribution in [2.75, 3.05) is 12.4 Å². The lowest BCUT2D eigenvalue weighted by Gasteiger charge is -2.09. The van der Waals surface area contributed by atoms with Crippen molar-refractivity contribution in [2.24, 2.45) is 0 Å². The number of benzene rings is 1. The molecule has 1 aromatic heterocycles. The van der Waals surface area contributed by atoms with E-state index in [1.165, 1.54) is 17.7 Å². The van der Waals surface area contributed by atoms with Gasteiger partial charge in [-0.15, -0.1) is 0 Å². The van der Waals surface area contributed by atoms with Crippen LogP contribution in [0.1, 0.15) is 25.3 Å². The Kier molecular flexibility index (Phi) is 4.37. The molecule has 6 heteroatoms. The molecule has 0 atom stereocenters. The average Bonchev–Trinajstić information content (AvgIpc) is 2.47. The lowest BCUT2D eigenvalue weighted by atomic mass is 10.0. The Hall–Kier alpha value is -2.63. The fourth-order valence-electron chi connectivity index (χ4n) is 1.82. The van der Waals surface area contributed by atoms with Crippen LogP contribution >= 0.6 is 0 Å². The third-order valence-electron chi connectivity index (χ3n) is 3.05. The number of nitrogens with zero attached hydrogens (tertiary/aromatic N) is 2. The number of aromatic nitrogens is 1. The summed E-state index contributed by atoms with van der Waals surface area (Å²) in [5.74, 6) is 1.42. The molecule has 0 bridgehead atoms. The Bertz CT molecular complexity index is 639. The summed E-state index contributed by atoms with van der Waals surface area (Å²) in [5, 5.41) is 13.8. The summed E-state index contributed by atoms with van der Waals surface area (Å²) in [7, 11) is 1.69. The lowest BCUT2D eigenvalue weighted by molar-refractivity contribution is -0.386. The highest BCUT2D eigenvalue weighted by Crippen LogP contribution is 2.31. The van der Waals surface area contributed by atoms with Crippen LogP contribution in [-0.4, -0.2) is 17.0 Å². The zero-order valence-corrected chi connectivity index (χ0v) is 12.2. The van der Waals surface area contributed by atoms with E-state index in [9.17, 15) is 10.1 Å². The molecule has 0 fully saturated rings. The van der Waals surface area contributed by atoms with Gasteiger partial charge in [0.15, 0.2) is 0 Å². The van der Waals surface area contributed by atoms with Crippen molar-refractivity contribution >= 4 is 11.5 Å². The SMILES string of the molecule is CNc1ccc([N+](=O)[O-])c(Oc2ccc(C(C)C)cc2)n1. The highest BCUT2D eigenvalue weighted by Gasteiger charge is 2.18. The summed E-state index contributed by atoms with van der Waals surface area (Å²) in [6.45, 7) is 4.19. The number of hydrogen-bond acceptors (Lipinski definition) is 5. The third kappa shape index (κ3) is 3.47. The summed E-state index contributed by atoms with van der Waals surface area (Å²) >= 11 is 0. The van der Waals surface area contributed by atoms with E-state index in [-0.39, 0.29) is 11.6 Å².